The van der Waals surface area contributed by atoms with Crippen molar-refractivity contribution >= 4 is 0 Å². The summed E-state index contributed by atoms with van der Waals surface area (Å²) in [5, 5.41) is 3.85. The first kappa shape index (κ1) is 12.0. The Balaban J connectivity index is 2.35. The number of nitrogens with one attached hydrogen (secondary N) is 1. The molecule has 0 saturated carbocycles. The van der Waals surface area contributed by atoms with Crippen molar-refractivity contribution in [2.75, 3.05) is 0 Å². The zero-order valence-corrected chi connectivity index (χ0v) is 10.2. The van der Waals surface area contributed by atoms with Crippen LogP contribution in [0.2, 0.25) is 0 Å². The Bertz CT molecular complexity index is 507. The number of aromatic nitrogens is 3. The number of hydrogen-bond donors (Lipinski definition) is 1. The number of ether oxygens (including phenoxy) is 1. The summed E-state index contributed by atoms with van der Waals surface area (Å²) in [4.78, 5) is 24.8. The molecule has 1 aliphatic rings. The Labute approximate surface area is 98.6 Å². The molecule has 0 bridgehead atoms. The Morgan fingerprint density at radius 3 is 2.65 bits per heavy atom. The van der Waals surface area contributed by atoms with Gasteiger partial charge >= 0.3 is 5.69 Å². The molecule has 2 rings (SSSR count). The highest BCUT2D eigenvalue weighted by molar-refractivity contribution is 4.84. The monoisotopic (exact) mass is 239 g/mol. The molecule has 0 spiro atoms. The van der Waals surface area contributed by atoms with Crippen LogP contribution in [0.4, 0.5) is 0 Å². The molecular formula is C11H17N3O3. The van der Waals surface area contributed by atoms with Crippen molar-refractivity contribution < 1.29 is 4.74 Å². The van der Waals surface area contributed by atoms with Gasteiger partial charge in [0.15, 0.2) is 6.23 Å². The summed E-state index contributed by atoms with van der Waals surface area (Å²) in [6, 6.07) is 0. The van der Waals surface area contributed by atoms with E-state index in [4.69, 9.17) is 4.74 Å². The van der Waals surface area contributed by atoms with E-state index < -0.39 is 11.2 Å². The Kier molecular flexibility index (Phi) is 3.15. The molecular weight excluding hydrogens is 222 g/mol. The second kappa shape index (κ2) is 4.44. The molecule has 1 aromatic rings. The minimum Gasteiger partial charge on any atom is -0.352 e. The molecule has 1 fully saturated rings. The fourth-order valence-electron chi connectivity index (χ4n) is 2.32. The molecule has 0 radical (unpaired) electrons. The summed E-state index contributed by atoms with van der Waals surface area (Å²) < 4.78 is 7.04. The zero-order chi connectivity index (χ0) is 12.6. The van der Waals surface area contributed by atoms with Gasteiger partial charge < -0.3 is 4.74 Å². The van der Waals surface area contributed by atoms with Crippen molar-refractivity contribution in [3.05, 3.63) is 27.0 Å². The molecule has 1 aromatic heterocycles. The predicted molar refractivity (Wildman–Crippen MR) is 61.6 cm³/mol. The van der Waals surface area contributed by atoms with Gasteiger partial charge in [0.1, 0.15) is 6.20 Å². The molecule has 1 aliphatic heterocycles. The van der Waals surface area contributed by atoms with Crippen LogP contribution in [0.3, 0.4) is 0 Å². The van der Waals surface area contributed by atoms with Crippen LogP contribution in [0.5, 0.6) is 0 Å². The van der Waals surface area contributed by atoms with E-state index in [1.54, 1.807) is 0 Å². The van der Waals surface area contributed by atoms with Crippen molar-refractivity contribution in [2.45, 2.75) is 39.5 Å². The average Bonchev–Trinajstić information content (AvgIpc) is 2.57. The van der Waals surface area contributed by atoms with Crippen LogP contribution in [0.25, 0.3) is 0 Å². The van der Waals surface area contributed by atoms with Gasteiger partial charge in [0.25, 0.3) is 5.56 Å². The van der Waals surface area contributed by atoms with Gasteiger partial charge in [-0.15, -0.1) is 0 Å². The van der Waals surface area contributed by atoms with Gasteiger partial charge in [0, 0.05) is 5.92 Å². The predicted octanol–water partition coefficient (Wildman–Crippen LogP) is 0.511. The van der Waals surface area contributed by atoms with E-state index in [1.165, 1.54) is 4.68 Å². The third-order valence-electron chi connectivity index (χ3n) is 3.56. The van der Waals surface area contributed by atoms with Crippen LogP contribution >= 0.6 is 0 Å². The van der Waals surface area contributed by atoms with E-state index in [-0.39, 0.29) is 18.2 Å². The SMILES string of the molecule is CC[C@H]1O[C@@H](n2ncc(=O)[nH]c2=O)[C@@H](C)C1C. The van der Waals surface area contributed by atoms with Crippen LogP contribution in [0.1, 0.15) is 33.4 Å². The van der Waals surface area contributed by atoms with Gasteiger partial charge in [-0.2, -0.15) is 9.78 Å². The van der Waals surface area contributed by atoms with Gasteiger partial charge in [-0.25, -0.2) is 4.79 Å². The number of rotatable bonds is 2. The smallest absolute Gasteiger partial charge is 0.347 e. The van der Waals surface area contributed by atoms with E-state index in [9.17, 15) is 9.59 Å². The maximum atomic E-state index is 11.6. The Hall–Kier alpha value is -1.43. The molecule has 0 aromatic carbocycles. The number of H-pyrrole nitrogens is 1. The highest BCUT2D eigenvalue weighted by Gasteiger charge is 2.40. The lowest BCUT2D eigenvalue weighted by molar-refractivity contribution is -0.0252. The fourth-order valence-corrected chi connectivity index (χ4v) is 2.32. The van der Waals surface area contributed by atoms with Crippen molar-refractivity contribution in [3.8, 4) is 0 Å². The van der Waals surface area contributed by atoms with Crippen molar-refractivity contribution in [3.63, 3.8) is 0 Å². The standard InChI is InChI=1S/C11H17N3O3/c1-4-8-6(2)7(3)10(17-8)14-11(16)13-9(15)5-12-14/h5-8,10H,4H2,1-3H3,(H,13,15,16)/t6?,7-,8+,10+/m0/s1. The van der Waals surface area contributed by atoms with Gasteiger partial charge in [0.2, 0.25) is 0 Å². The summed E-state index contributed by atoms with van der Waals surface area (Å²) in [7, 11) is 0. The first-order valence-electron chi connectivity index (χ1n) is 5.88. The van der Waals surface area contributed by atoms with E-state index in [1.807, 2.05) is 6.92 Å². The lowest BCUT2D eigenvalue weighted by atomic mass is 9.92. The zero-order valence-electron chi connectivity index (χ0n) is 10.2. The molecule has 94 valence electrons. The molecule has 2 heterocycles. The van der Waals surface area contributed by atoms with E-state index in [0.29, 0.717) is 5.92 Å². The minimum absolute atomic E-state index is 0.135. The molecule has 0 amide bonds. The quantitative estimate of drug-likeness (QED) is 0.815. The van der Waals surface area contributed by atoms with E-state index in [0.717, 1.165) is 12.6 Å². The summed E-state index contributed by atoms with van der Waals surface area (Å²) in [6.45, 7) is 6.19. The molecule has 6 heteroatoms. The maximum absolute atomic E-state index is 11.6. The molecule has 1 saturated heterocycles. The first-order chi connectivity index (χ1) is 8.04. The number of aromatic amines is 1. The summed E-state index contributed by atoms with van der Waals surface area (Å²) >= 11 is 0. The molecule has 6 nitrogen and oxygen atoms in total. The van der Waals surface area contributed by atoms with Gasteiger partial charge in [-0.1, -0.05) is 20.8 Å². The first-order valence-corrected chi connectivity index (χ1v) is 5.88. The van der Waals surface area contributed by atoms with Crippen molar-refractivity contribution in [2.24, 2.45) is 11.8 Å². The van der Waals surface area contributed by atoms with E-state index in [2.05, 4.69) is 23.9 Å². The maximum Gasteiger partial charge on any atom is 0.347 e. The van der Waals surface area contributed by atoms with Crippen LogP contribution in [-0.2, 0) is 4.74 Å². The van der Waals surface area contributed by atoms with Gasteiger partial charge in [-0.3, -0.25) is 9.78 Å². The van der Waals surface area contributed by atoms with E-state index >= 15 is 0 Å². The second-order valence-corrected chi connectivity index (χ2v) is 4.58. The van der Waals surface area contributed by atoms with Crippen molar-refractivity contribution in [1.82, 2.24) is 14.8 Å². The van der Waals surface area contributed by atoms with Crippen LogP contribution in [0.15, 0.2) is 15.8 Å². The normalized spacial score (nSPS) is 32.9. The highest BCUT2D eigenvalue weighted by atomic mass is 16.5. The second-order valence-electron chi connectivity index (χ2n) is 4.58. The fraction of sp³-hybridized carbons (Fsp3) is 0.727. The molecule has 0 aliphatic carbocycles. The summed E-state index contributed by atoms with van der Waals surface area (Å²) in [5.74, 6) is 0.557. The lowest BCUT2D eigenvalue weighted by Gasteiger charge is -2.16. The average molecular weight is 239 g/mol. The number of hydrogen-bond acceptors (Lipinski definition) is 4. The molecule has 1 unspecified atom stereocenters. The lowest BCUT2D eigenvalue weighted by Crippen LogP contribution is -2.36. The minimum atomic E-state index is -0.515. The van der Waals surface area contributed by atoms with Crippen LogP contribution in [-0.4, -0.2) is 20.9 Å². The molecule has 4 atom stereocenters. The third kappa shape index (κ3) is 2.04. The third-order valence-corrected chi connectivity index (χ3v) is 3.56. The summed E-state index contributed by atoms with van der Waals surface area (Å²) in [5.41, 5.74) is -1.00. The Morgan fingerprint density at radius 1 is 1.41 bits per heavy atom. The van der Waals surface area contributed by atoms with Gasteiger partial charge in [0.05, 0.1) is 6.10 Å². The Morgan fingerprint density at radius 2 is 2.12 bits per heavy atom. The molecule has 1 N–H and O–H groups in total. The highest BCUT2D eigenvalue weighted by Crippen LogP contribution is 2.38. The topological polar surface area (TPSA) is 77.0 Å². The van der Waals surface area contributed by atoms with Gasteiger partial charge in [-0.05, 0) is 12.3 Å². The van der Waals surface area contributed by atoms with Crippen molar-refractivity contribution in [1.29, 1.82) is 0 Å². The number of nitrogens with zero attached hydrogens (tertiary/aromatic N) is 2. The van der Waals surface area contributed by atoms with Crippen LogP contribution < -0.4 is 11.2 Å². The largest absolute Gasteiger partial charge is 0.352 e. The summed E-state index contributed by atoms with van der Waals surface area (Å²) in [6.07, 6.45) is 1.75. The molecule has 17 heavy (non-hydrogen) atoms. The van der Waals surface area contributed by atoms with Crippen LogP contribution in [0, 0.1) is 11.8 Å².